The van der Waals surface area contributed by atoms with E-state index in [-0.39, 0.29) is 28.0 Å². The topological polar surface area (TPSA) is 88.5 Å². The fraction of sp³-hybridized carbons (Fsp3) is 0.0588. The van der Waals surface area contributed by atoms with Crippen LogP contribution >= 0.6 is 0 Å². The van der Waals surface area contributed by atoms with E-state index in [1.165, 1.54) is 12.1 Å². The third-order valence-corrected chi connectivity index (χ3v) is 3.51. The Hall–Kier alpha value is -3.08. The summed E-state index contributed by atoms with van der Waals surface area (Å²) in [6.45, 7) is 1.67. The standard InChI is InChI=1S/C17H10O5/c1-8-4-12-16(14(20)5-8)15(21)7-11(17(12)22)10-6-9(18)2-3-13(10)19/h2-7,20H,1H3. The predicted molar refractivity (Wildman–Crippen MR) is 76.8 cm³/mol. The van der Waals surface area contributed by atoms with Gasteiger partial charge in [-0.2, -0.15) is 0 Å². The molecule has 1 aromatic carbocycles. The van der Waals surface area contributed by atoms with Gasteiger partial charge in [-0.1, -0.05) is 0 Å². The number of phenolic OH excluding ortho intramolecular Hbond substituents is 1. The van der Waals surface area contributed by atoms with Crippen LogP contribution in [0.3, 0.4) is 0 Å². The van der Waals surface area contributed by atoms with Crippen molar-refractivity contribution < 1.29 is 24.3 Å². The zero-order valence-electron chi connectivity index (χ0n) is 11.5. The Kier molecular flexibility index (Phi) is 2.99. The minimum atomic E-state index is -0.571. The molecular formula is C17H10O5. The molecule has 2 aliphatic rings. The van der Waals surface area contributed by atoms with Crippen LogP contribution in [0.4, 0.5) is 0 Å². The SMILES string of the molecule is Cc1cc(O)c2c(c1)C(=O)C(C1=CC(=O)C=CC1=O)=CC2=O. The van der Waals surface area contributed by atoms with Gasteiger partial charge in [-0.25, -0.2) is 0 Å². The summed E-state index contributed by atoms with van der Waals surface area (Å²) in [5, 5.41) is 9.87. The second-order valence-electron chi connectivity index (χ2n) is 5.12. The van der Waals surface area contributed by atoms with Gasteiger partial charge >= 0.3 is 0 Å². The van der Waals surface area contributed by atoms with Crippen LogP contribution in [0.25, 0.3) is 0 Å². The summed E-state index contributed by atoms with van der Waals surface area (Å²) in [6, 6.07) is 2.87. The number of phenols is 1. The molecule has 0 atom stereocenters. The summed E-state index contributed by atoms with van der Waals surface area (Å²) in [6.07, 6.45) is 4.21. The first kappa shape index (κ1) is 13.9. The van der Waals surface area contributed by atoms with Crippen molar-refractivity contribution in [3.8, 4) is 5.75 Å². The first-order valence-electron chi connectivity index (χ1n) is 6.51. The Bertz CT molecular complexity index is 865. The maximum Gasteiger partial charge on any atom is 0.194 e. The van der Waals surface area contributed by atoms with Gasteiger partial charge in [-0.05, 0) is 48.9 Å². The zero-order valence-corrected chi connectivity index (χ0v) is 11.5. The van der Waals surface area contributed by atoms with Gasteiger partial charge < -0.3 is 5.11 Å². The Balaban J connectivity index is 2.18. The molecular weight excluding hydrogens is 284 g/mol. The van der Waals surface area contributed by atoms with Crippen molar-refractivity contribution in [1.82, 2.24) is 0 Å². The number of aryl methyl sites for hydroxylation is 1. The minimum Gasteiger partial charge on any atom is -0.507 e. The Morgan fingerprint density at radius 3 is 2.32 bits per heavy atom. The van der Waals surface area contributed by atoms with Crippen LogP contribution in [0.2, 0.25) is 0 Å². The summed E-state index contributed by atoms with van der Waals surface area (Å²) in [4.78, 5) is 48.0. The average molecular weight is 294 g/mol. The van der Waals surface area contributed by atoms with E-state index in [0.717, 1.165) is 24.3 Å². The zero-order chi connectivity index (χ0) is 16.0. The highest BCUT2D eigenvalue weighted by Crippen LogP contribution is 2.32. The molecule has 0 fully saturated rings. The highest BCUT2D eigenvalue weighted by Gasteiger charge is 2.32. The van der Waals surface area contributed by atoms with Crippen molar-refractivity contribution >= 4 is 23.1 Å². The largest absolute Gasteiger partial charge is 0.507 e. The number of benzene rings is 1. The van der Waals surface area contributed by atoms with Crippen molar-refractivity contribution in [1.29, 1.82) is 0 Å². The van der Waals surface area contributed by atoms with Crippen LogP contribution in [0.5, 0.6) is 5.75 Å². The molecule has 5 heteroatoms. The molecule has 0 unspecified atom stereocenters. The Morgan fingerprint density at radius 2 is 1.59 bits per heavy atom. The molecule has 0 bridgehead atoms. The average Bonchev–Trinajstić information content (AvgIpc) is 2.44. The van der Waals surface area contributed by atoms with Gasteiger partial charge in [0.15, 0.2) is 23.1 Å². The number of Topliss-reactive ketones (excluding diaryl/α,β-unsaturated/α-hetero) is 1. The number of carbonyl (C=O) groups excluding carboxylic acids is 4. The number of allylic oxidation sites excluding steroid dienone is 6. The van der Waals surface area contributed by atoms with Crippen LogP contribution in [-0.2, 0) is 9.59 Å². The van der Waals surface area contributed by atoms with E-state index in [1.807, 2.05) is 0 Å². The van der Waals surface area contributed by atoms with E-state index in [2.05, 4.69) is 0 Å². The van der Waals surface area contributed by atoms with Crippen LogP contribution in [-0.4, -0.2) is 28.2 Å². The first-order chi connectivity index (χ1) is 10.4. The number of aromatic hydroxyl groups is 1. The van der Waals surface area contributed by atoms with Gasteiger partial charge in [0.1, 0.15) is 5.75 Å². The summed E-state index contributed by atoms with van der Waals surface area (Å²) in [7, 11) is 0. The molecule has 3 rings (SSSR count). The molecule has 0 aromatic heterocycles. The smallest absolute Gasteiger partial charge is 0.194 e. The van der Waals surface area contributed by atoms with Gasteiger partial charge in [-0.15, -0.1) is 0 Å². The Labute approximate surface area is 125 Å². The van der Waals surface area contributed by atoms with Gasteiger partial charge in [0.25, 0.3) is 0 Å². The van der Waals surface area contributed by atoms with E-state index < -0.39 is 23.1 Å². The molecule has 0 saturated carbocycles. The monoisotopic (exact) mass is 294 g/mol. The number of ketones is 4. The predicted octanol–water partition coefficient (Wildman–Crippen LogP) is 1.64. The third kappa shape index (κ3) is 2.03. The van der Waals surface area contributed by atoms with Crippen molar-refractivity contribution in [3.63, 3.8) is 0 Å². The number of hydrogen-bond donors (Lipinski definition) is 1. The first-order valence-corrected chi connectivity index (χ1v) is 6.51. The van der Waals surface area contributed by atoms with Gasteiger partial charge in [-0.3, -0.25) is 19.2 Å². The number of rotatable bonds is 1. The lowest BCUT2D eigenvalue weighted by molar-refractivity contribution is -0.114. The van der Waals surface area contributed by atoms with Crippen LogP contribution in [0, 0.1) is 6.92 Å². The molecule has 1 aromatic rings. The molecule has 108 valence electrons. The lowest BCUT2D eigenvalue weighted by atomic mass is 9.82. The summed E-state index contributed by atoms with van der Waals surface area (Å²) in [5.74, 6) is -2.33. The van der Waals surface area contributed by atoms with Crippen molar-refractivity contribution in [2.75, 3.05) is 0 Å². The lowest BCUT2D eigenvalue weighted by Crippen LogP contribution is -2.22. The van der Waals surface area contributed by atoms with Crippen LogP contribution < -0.4 is 0 Å². The molecule has 0 amide bonds. The van der Waals surface area contributed by atoms with Crippen LogP contribution in [0.15, 0.2) is 47.6 Å². The highest BCUT2D eigenvalue weighted by atomic mass is 16.3. The molecule has 0 radical (unpaired) electrons. The van der Waals surface area contributed by atoms with Gasteiger partial charge in [0.2, 0.25) is 0 Å². The van der Waals surface area contributed by atoms with Crippen LogP contribution in [0.1, 0.15) is 26.3 Å². The molecule has 0 spiro atoms. The molecule has 0 heterocycles. The summed E-state index contributed by atoms with van der Waals surface area (Å²) >= 11 is 0. The lowest BCUT2D eigenvalue weighted by Gasteiger charge is -2.18. The number of fused-ring (bicyclic) bond motifs is 1. The van der Waals surface area contributed by atoms with E-state index in [9.17, 15) is 24.3 Å². The number of carbonyl (C=O) groups is 4. The van der Waals surface area contributed by atoms with E-state index >= 15 is 0 Å². The van der Waals surface area contributed by atoms with E-state index in [0.29, 0.717) is 5.56 Å². The maximum atomic E-state index is 12.6. The molecule has 2 aliphatic carbocycles. The maximum absolute atomic E-state index is 12.6. The van der Waals surface area contributed by atoms with Crippen molar-refractivity contribution in [3.05, 3.63) is 64.3 Å². The van der Waals surface area contributed by atoms with Crippen molar-refractivity contribution in [2.24, 2.45) is 0 Å². The van der Waals surface area contributed by atoms with Gasteiger partial charge in [0, 0.05) is 16.7 Å². The second-order valence-corrected chi connectivity index (χ2v) is 5.12. The fourth-order valence-corrected chi connectivity index (χ4v) is 2.54. The highest BCUT2D eigenvalue weighted by molar-refractivity contribution is 6.32. The number of hydrogen-bond acceptors (Lipinski definition) is 5. The summed E-state index contributed by atoms with van der Waals surface area (Å²) in [5.41, 5.74) is 0.349. The Morgan fingerprint density at radius 1 is 0.864 bits per heavy atom. The quantitative estimate of drug-likeness (QED) is 0.795. The molecule has 22 heavy (non-hydrogen) atoms. The van der Waals surface area contributed by atoms with Crippen molar-refractivity contribution in [2.45, 2.75) is 6.92 Å². The molecule has 5 nitrogen and oxygen atoms in total. The fourth-order valence-electron chi connectivity index (χ4n) is 2.54. The van der Waals surface area contributed by atoms with E-state index in [4.69, 9.17) is 0 Å². The summed E-state index contributed by atoms with van der Waals surface area (Å²) < 4.78 is 0. The van der Waals surface area contributed by atoms with E-state index in [1.54, 1.807) is 6.92 Å². The van der Waals surface area contributed by atoms with Gasteiger partial charge in [0.05, 0.1) is 5.56 Å². The third-order valence-electron chi connectivity index (χ3n) is 3.51. The molecule has 0 aliphatic heterocycles. The molecule has 0 saturated heterocycles. The normalized spacial score (nSPS) is 17.3. The minimum absolute atomic E-state index is 0.0377. The second kappa shape index (κ2) is 4.73. The molecule has 1 N–H and O–H groups in total.